The number of nitrogens with one attached hydrogen (secondary N) is 1. The SMILES string of the molecule is CC(O)C1CCN(Cc2csc(CNC(=O)c3ccccc3)n2)C1. The van der Waals surface area contributed by atoms with Gasteiger partial charge >= 0.3 is 0 Å². The second-order valence-corrected chi connectivity index (χ2v) is 7.25. The zero-order valence-corrected chi connectivity index (χ0v) is 14.6. The number of aliphatic hydroxyl groups is 1. The number of rotatable bonds is 6. The van der Waals surface area contributed by atoms with Gasteiger partial charge in [-0.3, -0.25) is 9.69 Å². The highest BCUT2D eigenvalue weighted by atomic mass is 32.1. The number of amides is 1. The molecular weight excluding hydrogens is 322 g/mol. The van der Waals surface area contributed by atoms with E-state index >= 15 is 0 Å². The Balaban J connectivity index is 1.48. The fourth-order valence-corrected chi connectivity index (χ4v) is 3.70. The smallest absolute Gasteiger partial charge is 0.251 e. The number of nitrogens with zero attached hydrogens (tertiary/aromatic N) is 2. The van der Waals surface area contributed by atoms with Crippen LogP contribution in [-0.2, 0) is 13.1 Å². The number of carbonyl (C=O) groups is 1. The molecule has 3 rings (SSSR count). The lowest BCUT2D eigenvalue weighted by Crippen LogP contribution is -2.24. The molecule has 1 aliphatic rings. The molecule has 24 heavy (non-hydrogen) atoms. The molecule has 0 saturated carbocycles. The van der Waals surface area contributed by atoms with Crippen LogP contribution in [-0.4, -0.2) is 40.1 Å². The minimum Gasteiger partial charge on any atom is -0.393 e. The number of benzene rings is 1. The van der Waals surface area contributed by atoms with Gasteiger partial charge in [0.05, 0.1) is 18.3 Å². The van der Waals surface area contributed by atoms with Crippen molar-refractivity contribution in [1.29, 1.82) is 0 Å². The Bertz CT molecular complexity index is 672. The molecule has 128 valence electrons. The number of hydrogen-bond donors (Lipinski definition) is 2. The third-order valence-electron chi connectivity index (χ3n) is 4.41. The van der Waals surface area contributed by atoms with Gasteiger partial charge < -0.3 is 10.4 Å². The molecule has 2 N–H and O–H groups in total. The van der Waals surface area contributed by atoms with Crippen LogP contribution in [0.4, 0.5) is 0 Å². The van der Waals surface area contributed by atoms with Gasteiger partial charge in [-0.05, 0) is 37.9 Å². The van der Waals surface area contributed by atoms with E-state index in [0.29, 0.717) is 18.0 Å². The van der Waals surface area contributed by atoms with E-state index in [9.17, 15) is 9.90 Å². The largest absolute Gasteiger partial charge is 0.393 e. The van der Waals surface area contributed by atoms with Crippen LogP contribution in [0.1, 0.15) is 34.4 Å². The summed E-state index contributed by atoms with van der Waals surface area (Å²) in [6.45, 7) is 5.06. The van der Waals surface area contributed by atoms with Crippen molar-refractivity contribution in [1.82, 2.24) is 15.2 Å². The lowest BCUT2D eigenvalue weighted by atomic mass is 10.0. The van der Waals surface area contributed by atoms with E-state index in [1.807, 2.05) is 25.1 Å². The van der Waals surface area contributed by atoms with Gasteiger partial charge in [0, 0.05) is 24.0 Å². The van der Waals surface area contributed by atoms with Gasteiger partial charge in [0.15, 0.2) is 0 Å². The summed E-state index contributed by atoms with van der Waals surface area (Å²) in [6, 6.07) is 9.20. The Morgan fingerprint density at radius 3 is 2.96 bits per heavy atom. The topological polar surface area (TPSA) is 65.5 Å². The van der Waals surface area contributed by atoms with Crippen LogP contribution in [0, 0.1) is 5.92 Å². The summed E-state index contributed by atoms with van der Waals surface area (Å²) in [6.07, 6.45) is 0.802. The number of hydrogen-bond acceptors (Lipinski definition) is 5. The molecule has 2 atom stereocenters. The molecule has 1 amide bonds. The number of aliphatic hydroxyl groups excluding tert-OH is 1. The maximum absolute atomic E-state index is 12.0. The summed E-state index contributed by atoms with van der Waals surface area (Å²) in [5, 5.41) is 15.6. The molecule has 2 aromatic rings. The van der Waals surface area contributed by atoms with Gasteiger partial charge in [-0.2, -0.15) is 0 Å². The predicted octanol–water partition coefficient (Wildman–Crippen LogP) is 2.28. The van der Waals surface area contributed by atoms with E-state index in [1.54, 1.807) is 23.5 Å². The molecular formula is C18H23N3O2S. The predicted molar refractivity (Wildman–Crippen MR) is 94.8 cm³/mol. The fourth-order valence-electron chi connectivity index (χ4n) is 2.98. The second-order valence-electron chi connectivity index (χ2n) is 6.31. The zero-order chi connectivity index (χ0) is 16.9. The first-order valence-corrected chi connectivity index (χ1v) is 9.16. The maximum atomic E-state index is 12.0. The van der Waals surface area contributed by atoms with E-state index in [-0.39, 0.29) is 12.0 Å². The molecule has 2 unspecified atom stereocenters. The van der Waals surface area contributed by atoms with E-state index in [1.165, 1.54) is 0 Å². The van der Waals surface area contributed by atoms with Crippen LogP contribution >= 0.6 is 11.3 Å². The maximum Gasteiger partial charge on any atom is 0.251 e. The average Bonchev–Trinajstić information content (AvgIpc) is 3.23. The average molecular weight is 345 g/mol. The minimum absolute atomic E-state index is 0.0772. The Hall–Kier alpha value is -1.76. The molecule has 1 fully saturated rings. The van der Waals surface area contributed by atoms with Crippen LogP contribution in [0.3, 0.4) is 0 Å². The monoisotopic (exact) mass is 345 g/mol. The van der Waals surface area contributed by atoms with E-state index in [0.717, 1.165) is 36.8 Å². The summed E-state index contributed by atoms with van der Waals surface area (Å²) in [5.74, 6) is 0.292. The van der Waals surface area contributed by atoms with Crippen molar-refractivity contribution >= 4 is 17.2 Å². The Kier molecular flexibility index (Phi) is 5.60. The molecule has 2 heterocycles. The van der Waals surface area contributed by atoms with Crippen molar-refractivity contribution in [2.24, 2.45) is 5.92 Å². The van der Waals surface area contributed by atoms with Gasteiger partial charge in [-0.25, -0.2) is 4.98 Å². The number of aromatic nitrogens is 1. The first-order chi connectivity index (χ1) is 11.6. The van der Waals surface area contributed by atoms with Crippen molar-refractivity contribution < 1.29 is 9.90 Å². The summed E-state index contributed by atoms with van der Waals surface area (Å²) in [4.78, 5) is 19.0. The number of likely N-dealkylation sites (tertiary alicyclic amines) is 1. The molecule has 0 radical (unpaired) electrons. The van der Waals surface area contributed by atoms with Crippen LogP contribution in [0.15, 0.2) is 35.7 Å². The first kappa shape index (κ1) is 17.1. The Morgan fingerprint density at radius 1 is 1.46 bits per heavy atom. The van der Waals surface area contributed by atoms with Crippen LogP contribution in [0.2, 0.25) is 0 Å². The van der Waals surface area contributed by atoms with Crippen molar-refractivity contribution in [3.8, 4) is 0 Å². The minimum atomic E-state index is -0.241. The molecule has 1 aliphatic heterocycles. The number of thiazole rings is 1. The first-order valence-electron chi connectivity index (χ1n) is 8.29. The number of carbonyl (C=O) groups excluding carboxylic acids is 1. The van der Waals surface area contributed by atoms with Crippen molar-refractivity contribution in [2.45, 2.75) is 32.5 Å². The third-order valence-corrected chi connectivity index (χ3v) is 5.31. The van der Waals surface area contributed by atoms with E-state index in [4.69, 9.17) is 0 Å². The van der Waals surface area contributed by atoms with Gasteiger partial charge in [0.2, 0.25) is 0 Å². The van der Waals surface area contributed by atoms with Crippen molar-refractivity contribution in [3.05, 3.63) is 52.0 Å². The normalized spacial score (nSPS) is 19.3. The Morgan fingerprint density at radius 2 is 2.25 bits per heavy atom. The van der Waals surface area contributed by atoms with Gasteiger partial charge in [0.1, 0.15) is 5.01 Å². The van der Waals surface area contributed by atoms with Crippen LogP contribution in [0.25, 0.3) is 0 Å². The molecule has 0 aliphatic carbocycles. The molecule has 0 spiro atoms. The lowest BCUT2D eigenvalue weighted by Gasteiger charge is -2.16. The quantitative estimate of drug-likeness (QED) is 0.843. The van der Waals surface area contributed by atoms with Crippen molar-refractivity contribution in [3.63, 3.8) is 0 Å². The highest BCUT2D eigenvalue weighted by Gasteiger charge is 2.26. The summed E-state index contributed by atoms with van der Waals surface area (Å²) >= 11 is 1.58. The molecule has 5 nitrogen and oxygen atoms in total. The molecule has 0 bridgehead atoms. The zero-order valence-electron chi connectivity index (χ0n) is 13.8. The lowest BCUT2D eigenvalue weighted by molar-refractivity contribution is 0.0951. The summed E-state index contributed by atoms with van der Waals surface area (Å²) in [7, 11) is 0. The molecule has 1 saturated heterocycles. The highest BCUT2D eigenvalue weighted by Crippen LogP contribution is 2.22. The Labute approximate surface area is 146 Å². The molecule has 1 aromatic carbocycles. The van der Waals surface area contributed by atoms with Gasteiger partial charge in [-0.15, -0.1) is 11.3 Å². The van der Waals surface area contributed by atoms with E-state index in [2.05, 4.69) is 20.6 Å². The second kappa shape index (κ2) is 7.88. The summed E-state index contributed by atoms with van der Waals surface area (Å²) in [5.41, 5.74) is 1.70. The fraction of sp³-hybridized carbons (Fsp3) is 0.444. The summed E-state index contributed by atoms with van der Waals surface area (Å²) < 4.78 is 0. The molecule has 6 heteroatoms. The van der Waals surface area contributed by atoms with Crippen LogP contribution in [0.5, 0.6) is 0 Å². The highest BCUT2D eigenvalue weighted by molar-refractivity contribution is 7.09. The molecule has 1 aromatic heterocycles. The van der Waals surface area contributed by atoms with Gasteiger partial charge in [-0.1, -0.05) is 18.2 Å². The van der Waals surface area contributed by atoms with Crippen molar-refractivity contribution in [2.75, 3.05) is 13.1 Å². The van der Waals surface area contributed by atoms with Gasteiger partial charge in [0.25, 0.3) is 5.91 Å². The standard InChI is InChI=1S/C18H23N3O2S/c1-13(22)15-7-8-21(10-15)11-16-12-24-17(20-16)9-19-18(23)14-5-3-2-4-6-14/h2-6,12-13,15,22H,7-11H2,1H3,(H,19,23). The van der Waals surface area contributed by atoms with E-state index < -0.39 is 0 Å². The van der Waals surface area contributed by atoms with Crippen LogP contribution < -0.4 is 5.32 Å². The third kappa shape index (κ3) is 4.41.